The Kier molecular flexibility index (Phi) is 3.69. The van der Waals surface area contributed by atoms with E-state index in [0.29, 0.717) is 19.1 Å². The van der Waals surface area contributed by atoms with E-state index in [4.69, 9.17) is 0 Å². The van der Waals surface area contributed by atoms with Crippen molar-refractivity contribution >= 4 is 11.8 Å². The van der Waals surface area contributed by atoms with Crippen molar-refractivity contribution in [3.8, 4) is 0 Å². The standard InChI is InChI=1S/C15H19N3O2/c19-14-9-16-13(8-17-14)15(20)18(12-6-7-12)10-11-4-2-1-3-5-11/h1-5,12-13,16H,6-10H2,(H,17,19). The van der Waals surface area contributed by atoms with Gasteiger partial charge in [-0.15, -0.1) is 0 Å². The second kappa shape index (κ2) is 5.63. The zero-order valence-corrected chi connectivity index (χ0v) is 11.3. The minimum atomic E-state index is -0.294. The first-order valence-electron chi connectivity index (χ1n) is 7.08. The van der Waals surface area contributed by atoms with E-state index in [1.54, 1.807) is 0 Å². The fourth-order valence-electron chi connectivity index (χ4n) is 2.49. The molecule has 5 nitrogen and oxygen atoms in total. The summed E-state index contributed by atoms with van der Waals surface area (Å²) >= 11 is 0. The Hall–Kier alpha value is -1.88. The second-order valence-corrected chi connectivity index (χ2v) is 5.42. The molecule has 2 amide bonds. The van der Waals surface area contributed by atoms with Crippen molar-refractivity contribution in [1.82, 2.24) is 15.5 Å². The van der Waals surface area contributed by atoms with E-state index < -0.39 is 0 Å². The molecule has 1 aromatic carbocycles. The first-order chi connectivity index (χ1) is 9.74. The highest BCUT2D eigenvalue weighted by atomic mass is 16.2. The van der Waals surface area contributed by atoms with Crippen molar-refractivity contribution in [1.29, 1.82) is 0 Å². The molecule has 1 atom stereocenters. The number of hydrogen-bond donors (Lipinski definition) is 2. The average molecular weight is 273 g/mol. The Labute approximate surface area is 118 Å². The maximum atomic E-state index is 12.6. The third-order valence-electron chi connectivity index (χ3n) is 3.78. The summed E-state index contributed by atoms with van der Waals surface area (Å²) in [5.74, 6) is 0.0476. The molecule has 0 aromatic heterocycles. The number of rotatable bonds is 4. The summed E-state index contributed by atoms with van der Waals surface area (Å²) < 4.78 is 0. The molecule has 5 heteroatoms. The lowest BCUT2D eigenvalue weighted by atomic mass is 10.1. The quantitative estimate of drug-likeness (QED) is 0.827. The van der Waals surface area contributed by atoms with Crippen LogP contribution in [0.2, 0.25) is 0 Å². The van der Waals surface area contributed by atoms with Gasteiger partial charge in [-0.3, -0.25) is 14.9 Å². The summed E-state index contributed by atoms with van der Waals surface area (Å²) in [5.41, 5.74) is 1.15. The molecule has 106 valence electrons. The molecule has 1 saturated carbocycles. The van der Waals surface area contributed by atoms with Crippen LogP contribution < -0.4 is 10.6 Å². The number of carbonyl (C=O) groups is 2. The predicted octanol–water partition coefficient (Wildman–Crippen LogP) is 0.266. The van der Waals surface area contributed by atoms with Crippen LogP contribution >= 0.6 is 0 Å². The third-order valence-corrected chi connectivity index (χ3v) is 3.78. The molecule has 0 radical (unpaired) electrons. The Morgan fingerprint density at radius 3 is 2.60 bits per heavy atom. The molecule has 1 unspecified atom stereocenters. The van der Waals surface area contributed by atoms with Gasteiger partial charge in [0.05, 0.1) is 6.54 Å². The summed E-state index contributed by atoms with van der Waals surface area (Å²) in [5, 5.41) is 5.76. The maximum Gasteiger partial charge on any atom is 0.242 e. The zero-order chi connectivity index (χ0) is 13.9. The highest BCUT2D eigenvalue weighted by molar-refractivity contribution is 5.87. The fourth-order valence-corrected chi connectivity index (χ4v) is 2.49. The van der Waals surface area contributed by atoms with Crippen molar-refractivity contribution in [2.75, 3.05) is 13.1 Å². The zero-order valence-electron chi connectivity index (χ0n) is 11.3. The van der Waals surface area contributed by atoms with Gasteiger partial charge in [0, 0.05) is 19.1 Å². The van der Waals surface area contributed by atoms with Crippen LogP contribution in [0, 0.1) is 0 Å². The maximum absolute atomic E-state index is 12.6. The Morgan fingerprint density at radius 2 is 2.00 bits per heavy atom. The molecule has 1 aromatic rings. The Morgan fingerprint density at radius 1 is 1.25 bits per heavy atom. The van der Waals surface area contributed by atoms with E-state index in [1.165, 1.54) is 0 Å². The minimum absolute atomic E-state index is 0.0462. The monoisotopic (exact) mass is 273 g/mol. The van der Waals surface area contributed by atoms with Crippen LogP contribution in [-0.4, -0.2) is 41.9 Å². The summed E-state index contributed by atoms with van der Waals surface area (Å²) in [6.07, 6.45) is 2.16. The van der Waals surface area contributed by atoms with Gasteiger partial charge in [-0.2, -0.15) is 0 Å². The van der Waals surface area contributed by atoms with Crippen LogP contribution in [0.25, 0.3) is 0 Å². The van der Waals surface area contributed by atoms with Gasteiger partial charge in [0.15, 0.2) is 0 Å². The number of amides is 2. The summed E-state index contributed by atoms with van der Waals surface area (Å²) in [4.78, 5) is 25.7. The molecule has 2 fully saturated rings. The number of hydrogen-bond acceptors (Lipinski definition) is 3. The number of benzene rings is 1. The predicted molar refractivity (Wildman–Crippen MR) is 74.8 cm³/mol. The first-order valence-corrected chi connectivity index (χ1v) is 7.08. The van der Waals surface area contributed by atoms with Gasteiger partial charge in [-0.1, -0.05) is 30.3 Å². The van der Waals surface area contributed by atoms with Crippen LogP contribution in [0.15, 0.2) is 30.3 Å². The molecule has 0 bridgehead atoms. The van der Waals surface area contributed by atoms with Crippen LogP contribution in [0.3, 0.4) is 0 Å². The van der Waals surface area contributed by atoms with Crippen molar-refractivity contribution in [3.63, 3.8) is 0 Å². The topological polar surface area (TPSA) is 61.4 Å². The van der Waals surface area contributed by atoms with Gasteiger partial charge >= 0.3 is 0 Å². The molecule has 1 aliphatic heterocycles. The lowest BCUT2D eigenvalue weighted by molar-refractivity contribution is -0.136. The number of carbonyl (C=O) groups excluding carboxylic acids is 2. The normalized spacial score (nSPS) is 22.2. The largest absolute Gasteiger partial charge is 0.353 e. The van der Waals surface area contributed by atoms with E-state index >= 15 is 0 Å². The van der Waals surface area contributed by atoms with Crippen molar-refractivity contribution < 1.29 is 9.59 Å². The SMILES string of the molecule is O=C1CNC(C(=O)N(Cc2ccccc2)C2CC2)CN1. The third kappa shape index (κ3) is 2.99. The summed E-state index contributed by atoms with van der Waals surface area (Å²) in [6.45, 7) is 1.26. The molecule has 0 spiro atoms. The van der Waals surface area contributed by atoms with Crippen molar-refractivity contribution in [2.24, 2.45) is 0 Å². The highest BCUT2D eigenvalue weighted by Gasteiger charge is 2.36. The molecular weight excluding hydrogens is 254 g/mol. The van der Waals surface area contributed by atoms with E-state index in [0.717, 1.165) is 18.4 Å². The van der Waals surface area contributed by atoms with Crippen LogP contribution in [0.1, 0.15) is 18.4 Å². The molecule has 20 heavy (non-hydrogen) atoms. The molecule has 2 N–H and O–H groups in total. The lowest BCUT2D eigenvalue weighted by Crippen LogP contribution is -2.58. The van der Waals surface area contributed by atoms with Gasteiger partial charge in [-0.25, -0.2) is 0 Å². The van der Waals surface area contributed by atoms with Gasteiger partial charge < -0.3 is 10.2 Å². The average Bonchev–Trinajstić information content (AvgIpc) is 3.30. The van der Waals surface area contributed by atoms with E-state index in [9.17, 15) is 9.59 Å². The van der Waals surface area contributed by atoms with Gasteiger partial charge in [-0.05, 0) is 18.4 Å². The second-order valence-electron chi connectivity index (χ2n) is 5.42. The molecule has 2 aliphatic rings. The molecule has 1 saturated heterocycles. The van der Waals surface area contributed by atoms with Gasteiger partial charge in [0.1, 0.15) is 6.04 Å². The summed E-state index contributed by atoms with van der Waals surface area (Å²) in [7, 11) is 0. The van der Waals surface area contributed by atoms with Crippen molar-refractivity contribution in [2.45, 2.75) is 31.5 Å². The molecule has 3 rings (SSSR count). The Bertz CT molecular complexity index is 489. The smallest absolute Gasteiger partial charge is 0.242 e. The lowest BCUT2D eigenvalue weighted by Gasteiger charge is -2.30. The number of piperazine rings is 1. The molecule has 1 aliphatic carbocycles. The Balaban J connectivity index is 1.67. The number of nitrogens with one attached hydrogen (secondary N) is 2. The van der Waals surface area contributed by atoms with Gasteiger partial charge in [0.2, 0.25) is 11.8 Å². The minimum Gasteiger partial charge on any atom is -0.353 e. The van der Waals surface area contributed by atoms with E-state index in [2.05, 4.69) is 10.6 Å². The first kappa shape index (κ1) is 13.1. The highest BCUT2D eigenvalue weighted by Crippen LogP contribution is 2.29. The van der Waals surface area contributed by atoms with Crippen LogP contribution in [-0.2, 0) is 16.1 Å². The van der Waals surface area contributed by atoms with Gasteiger partial charge in [0.25, 0.3) is 0 Å². The van der Waals surface area contributed by atoms with Crippen LogP contribution in [0.5, 0.6) is 0 Å². The number of nitrogens with zero attached hydrogens (tertiary/aromatic N) is 1. The van der Waals surface area contributed by atoms with Crippen LogP contribution in [0.4, 0.5) is 0 Å². The van der Waals surface area contributed by atoms with Crippen molar-refractivity contribution in [3.05, 3.63) is 35.9 Å². The van der Waals surface area contributed by atoms with E-state index in [-0.39, 0.29) is 24.4 Å². The fraction of sp³-hybridized carbons (Fsp3) is 0.467. The molecule has 1 heterocycles. The molecular formula is C15H19N3O2. The van der Waals surface area contributed by atoms with E-state index in [1.807, 2.05) is 35.2 Å². The summed E-state index contributed by atoms with van der Waals surface area (Å²) in [6, 6.07) is 10.1.